The van der Waals surface area contributed by atoms with Gasteiger partial charge in [-0.05, 0) is 48.0 Å². The van der Waals surface area contributed by atoms with Gasteiger partial charge in [0.2, 0.25) is 0 Å². The van der Waals surface area contributed by atoms with Crippen molar-refractivity contribution in [2.75, 3.05) is 7.11 Å². The number of nitrogens with zero attached hydrogens (tertiary/aromatic N) is 3. The molecule has 0 fully saturated rings. The van der Waals surface area contributed by atoms with Crippen LogP contribution in [0.25, 0.3) is 22.3 Å². The first-order chi connectivity index (χ1) is 16.3. The fourth-order valence-corrected chi connectivity index (χ4v) is 3.43. The Morgan fingerprint density at radius 1 is 0.848 bits per heavy atom. The number of aromatic nitrogens is 5. The summed E-state index contributed by atoms with van der Waals surface area (Å²) in [4.78, 5) is 4.64. The molecule has 5 rings (SSSR count). The maximum Gasteiger partial charge on any atom is 0.329 e. The minimum absolute atomic E-state index is 0.401. The molecule has 0 saturated carbocycles. The Labute approximate surface area is 190 Å². The summed E-state index contributed by atoms with van der Waals surface area (Å²) in [6.45, 7) is 0.811. The van der Waals surface area contributed by atoms with E-state index >= 15 is 0 Å². The molecule has 33 heavy (non-hydrogen) atoms. The molecule has 5 aromatic rings. The van der Waals surface area contributed by atoms with Gasteiger partial charge >= 0.3 is 5.82 Å². The topological polar surface area (TPSA) is 96.3 Å². The summed E-state index contributed by atoms with van der Waals surface area (Å²) >= 11 is 0. The zero-order valence-electron chi connectivity index (χ0n) is 18.0. The van der Waals surface area contributed by atoms with Gasteiger partial charge in [-0.2, -0.15) is 5.10 Å². The van der Waals surface area contributed by atoms with E-state index in [-0.39, 0.29) is 0 Å². The van der Waals surface area contributed by atoms with E-state index in [9.17, 15) is 0 Å². The van der Waals surface area contributed by atoms with E-state index in [0.717, 1.165) is 33.5 Å². The summed E-state index contributed by atoms with van der Waals surface area (Å²) in [6.07, 6.45) is 0. The molecule has 8 heteroatoms. The number of hydrogen-bond donors (Lipinski definition) is 1. The van der Waals surface area contributed by atoms with Crippen LogP contribution >= 0.6 is 0 Å². The average molecular weight is 440 g/mol. The third-order valence-electron chi connectivity index (χ3n) is 5.17. The van der Waals surface area contributed by atoms with Crippen molar-refractivity contribution in [3.63, 3.8) is 0 Å². The van der Waals surface area contributed by atoms with E-state index in [4.69, 9.17) is 14.2 Å². The molecular weight excluding hydrogens is 418 g/mol. The number of benzene rings is 3. The van der Waals surface area contributed by atoms with Crippen molar-refractivity contribution < 1.29 is 19.3 Å². The van der Waals surface area contributed by atoms with Crippen LogP contribution in [-0.2, 0) is 13.2 Å². The number of fused-ring (bicyclic) bond motifs is 1. The molecule has 0 amide bonds. The second-order valence-electron chi connectivity index (χ2n) is 7.37. The van der Waals surface area contributed by atoms with Gasteiger partial charge in [-0.25, -0.2) is 4.98 Å². The van der Waals surface area contributed by atoms with Crippen molar-refractivity contribution in [1.82, 2.24) is 20.5 Å². The third kappa shape index (κ3) is 4.74. The summed E-state index contributed by atoms with van der Waals surface area (Å²) in [7, 11) is 1.61. The molecule has 0 unspecified atom stereocenters. The van der Waals surface area contributed by atoms with Crippen LogP contribution in [0.5, 0.6) is 17.2 Å². The molecule has 2 aromatic heterocycles. The van der Waals surface area contributed by atoms with Crippen LogP contribution in [0.2, 0.25) is 0 Å². The minimum Gasteiger partial charge on any atom is -0.493 e. The molecule has 2 heterocycles. The zero-order chi connectivity index (χ0) is 22.5. The maximum absolute atomic E-state index is 5.97. The second kappa shape index (κ2) is 9.35. The van der Waals surface area contributed by atoms with E-state index in [1.54, 1.807) is 7.11 Å². The van der Waals surface area contributed by atoms with Gasteiger partial charge in [0.05, 0.1) is 23.9 Å². The second-order valence-corrected chi connectivity index (χ2v) is 7.37. The molecule has 0 bridgehead atoms. The molecule has 0 spiro atoms. The molecule has 0 aliphatic heterocycles. The Bertz CT molecular complexity index is 1350. The molecular formula is C25H22N5O3+. The van der Waals surface area contributed by atoms with Gasteiger partial charge in [0.25, 0.3) is 0 Å². The van der Waals surface area contributed by atoms with Gasteiger partial charge in [0.1, 0.15) is 24.1 Å². The molecule has 0 aliphatic carbocycles. The van der Waals surface area contributed by atoms with Gasteiger partial charge < -0.3 is 14.2 Å². The highest BCUT2D eigenvalue weighted by molar-refractivity contribution is 5.78. The highest BCUT2D eigenvalue weighted by Gasteiger charge is 2.14. The summed E-state index contributed by atoms with van der Waals surface area (Å²) in [5, 5.41) is 14.2. The maximum atomic E-state index is 5.97. The monoisotopic (exact) mass is 440 g/mol. The van der Waals surface area contributed by atoms with E-state index in [2.05, 4.69) is 31.7 Å². The van der Waals surface area contributed by atoms with Crippen LogP contribution in [0.1, 0.15) is 11.3 Å². The molecule has 0 aliphatic rings. The van der Waals surface area contributed by atoms with Gasteiger partial charge in [-0.3, -0.25) is 0 Å². The molecule has 0 atom stereocenters. The van der Waals surface area contributed by atoms with Crippen molar-refractivity contribution >= 4 is 10.9 Å². The number of hydrogen-bond acceptors (Lipinski definition) is 6. The molecule has 8 nitrogen and oxygen atoms in total. The first-order valence-corrected chi connectivity index (χ1v) is 10.4. The number of pyridine rings is 1. The summed E-state index contributed by atoms with van der Waals surface area (Å²) in [6, 6.07) is 25.5. The van der Waals surface area contributed by atoms with E-state index in [0.29, 0.717) is 30.5 Å². The quantitative estimate of drug-likeness (QED) is 0.392. The fourth-order valence-electron chi connectivity index (χ4n) is 3.43. The van der Waals surface area contributed by atoms with Crippen molar-refractivity contribution in [1.29, 1.82) is 0 Å². The first-order valence-electron chi connectivity index (χ1n) is 10.4. The Balaban J connectivity index is 1.19. The van der Waals surface area contributed by atoms with Crippen molar-refractivity contribution in [3.05, 3.63) is 90.1 Å². The normalized spacial score (nSPS) is 10.8. The summed E-state index contributed by atoms with van der Waals surface area (Å²) in [5.74, 6) is 2.66. The lowest BCUT2D eigenvalue weighted by molar-refractivity contribution is -0.444. The number of tetrazole rings is 1. The van der Waals surface area contributed by atoms with E-state index in [1.165, 1.54) is 0 Å². The largest absolute Gasteiger partial charge is 0.493 e. The Kier molecular flexibility index (Phi) is 5.79. The van der Waals surface area contributed by atoms with Gasteiger partial charge in [-0.15, -0.1) is 0 Å². The molecule has 164 valence electrons. The lowest BCUT2D eigenvalue weighted by Gasteiger charge is -2.12. The summed E-state index contributed by atoms with van der Waals surface area (Å²) in [5.41, 5.74) is 3.71. The predicted octanol–water partition coefficient (Wildman–Crippen LogP) is 4.00. The predicted molar refractivity (Wildman–Crippen MR) is 122 cm³/mol. The van der Waals surface area contributed by atoms with E-state index < -0.39 is 0 Å². The van der Waals surface area contributed by atoms with Gasteiger partial charge in [-0.1, -0.05) is 41.6 Å². The van der Waals surface area contributed by atoms with Crippen LogP contribution in [0.3, 0.4) is 0 Å². The van der Waals surface area contributed by atoms with Crippen molar-refractivity contribution in [3.8, 4) is 28.6 Å². The highest BCUT2D eigenvalue weighted by atomic mass is 16.5. The van der Waals surface area contributed by atoms with Crippen LogP contribution < -0.4 is 19.3 Å². The standard InChI is InChI=1S/C25H21N5O3/c1-31-24-14-19(25-27-29-30-28-25)9-13-23(24)33-15-17-6-11-21(12-7-17)32-16-20-10-8-18-4-2-3-5-22(18)26-20/h2-14H,15-16H2,1H3,(H,27,28,29,30)/p+1. The number of H-pyrrole nitrogens is 2. The molecule has 3 aromatic carbocycles. The molecule has 0 saturated heterocycles. The van der Waals surface area contributed by atoms with Crippen molar-refractivity contribution in [2.45, 2.75) is 13.2 Å². The van der Waals surface area contributed by atoms with Crippen LogP contribution in [0, 0.1) is 0 Å². The Morgan fingerprint density at radius 2 is 1.73 bits per heavy atom. The number of methoxy groups -OCH3 is 1. The Morgan fingerprint density at radius 3 is 2.55 bits per heavy atom. The van der Waals surface area contributed by atoms with Crippen LogP contribution in [0.4, 0.5) is 0 Å². The Hall–Kier alpha value is -4.46. The minimum atomic E-state index is 0.401. The number of aromatic amines is 2. The van der Waals surface area contributed by atoms with Gasteiger partial charge in [0, 0.05) is 5.39 Å². The zero-order valence-corrected chi connectivity index (χ0v) is 18.0. The number of para-hydroxylation sites is 1. The van der Waals surface area contributed by atoms with Crippen LogP contribution in [-0.4, -0.2) is 27.6 Å². The third-order valence-corrected chi connectivity index (χ3v) is 5.17. The average Bonchev–Trinajstić information content (AvgIpc) is 3.42. The number of ether oxygens (including phenoxy) is 3. The van der Waals surface area contributed by atoms with E-state index in [1.807, 2.05) is 72.8 Å². The number of nitrogens with one attached hydrogen (secondary N) is 2. The first kappa shape index (κ1) is 20.4. The molecule has 0 radical (unpaired) electrons. The summed E-state index contributed by atoms with van der Waals surface area (Å²) < 4.78 is 17.3. The van der Waals surface area contributed by atoms with Gasteiger partial charge in [0.15, 0.2) is 16.7 Å². The smallest absolute Gasteiger partial charge is 0.329 e. The van der Waals surface area contributed by atoms with Crippen molar-refractivity contribution in [2.24, 2.45) is 0 Å². The number of rotatable bonds is 8. The lowest BCUT2D eigenvalue weighted by Crippen LogP contribution is -2.06. The fraction of sp³-hybridized carbons (Fsp3) is 0.120. The lowest BCUT2D eigenvalue weighted by atomic mass is 10.2. The molecule has 2 N–H and O–H groups in total. The highest BCUT2D eigenvalue weighted by Crippen LogP contribution is 2.31. The van der Waals surface area contributed by atoms with Crippen LogP contribution in [0.15, 0.2) is 78.9 Å². The SMILES string of the molecule is COc1cc(-c2nn[nH][nH+]2)ccc1OCc1ccc(OCc2ccc3ccccc3n2)cc1.